The van der Waals surface area contributed by atoms with Gasteiger partial charge in [0.05, 0.1) is 31.6 Å². The van der Waals surface area contributed by atoms with E-state index in [0.29, 0.717) is 6.61 Å². The van der Waals surface area contributed by atoms with Crippen molar-refractivity contribution in [1.82, 2.24) is 10.3 Å². The molecule has 0 spiro atoms. The number of nitrogens with zero attached hydrogens (tertiary/aromatic N) is 1. The molecule has 5 heteroatoms. The molecule has 1 aliphatic heterocycles. The van der Waals surface area contributed by atoms with Crippen molar-refractivity contribution in [3.05, 3.63) is 24.0 Å². The first-order valence-electron chi connectivity index (χ1n) is 7.35. The molecule has 1 aromatic heterocycles. The van der Waals surface area contributed by atoms with Gasteiger partial charge in [-0.2, -0.15) is 11.8 Å². The minimum Gasteiger partial charge on any atom is -0.492 e. The Morgan fingerprint density at radius 1 is 1.50 bits per heavy atom. The van der Waals surface area contributed by atoms with Crippen LogP contribution in [0.1, 0.15) is 31.9 Å². The van der Waals surface area contributed by atoms with Gasteiger partial charge in [-0.05, 0) is 31.5 Å². The number of hydrogen-bond acceptors (Lipinski definition) is 5. The third-order valence-corrected chi connectivity index (χ3v) is 4.25. The summed E-state index contributed by atoms with van der Waals surface area (Å²) in [5.41, 5.74) is 1.15. The maximum atomic E-state index is 5.94. The zero-order valence-electron chi connectivity index (χ0n) is 12.3. The third kappa shape index (κ3) is 4.36. The second kappa shape index (κ2) is 8.49. The molecular formula is C15H24N2O2S. The first kappa shape index (κ1) is 15.6. The molecule has 0 radical (unpaired) electrons. The minimum atomic E-state index is 0.190. The van der Waals surface area contributed by atoms with Crippen molar-refractivity contribution in [2.75, 3.05) is 31.3 Å². The quantitative estimate of drug-likeness (QED) is 0.838. The molecule has 2 unspecified atom stereocenters. The van der Waals surface area contributed by atoms with Gasteiger partial charge in [0.15, 0.2) is 0 Å². The first-order valence-corrected chi connectivity index (χ1v) is 8.51. The van der Waals surface area contributed by atoms with Gasteiger partial charge in [0.1, 0.15) is 5.75 Å². The SMILES string of the molecule is CCCNC(c1cncc(OCC)c1)C1CSCCO1. The lowest BCUT2D eigenvalue weighted by Crippen LogP contribution is -2.38. The normalized spacial score (nSPS) is 20.6. The lowest BCUT2D eigenvalue weighted by molar-refractivity contribution is 0.0466. The molecule has 0 saturated carbocycles. The van der Waals surface area contributed by atoms with E-state index < -0.39 is 0 Å². The monoisotopic (exact) mass is 296 g/mol. The average Bonchev–Trinajstić information content (AvgIpc) is 2.50. The Hall–Kier alpha value is -0.780. The van der Waals surface area contributed by atoms with Gasteiger partial charge < -0.3 is 14.8 Å². The largest absolute Gasteiger partial charge is 0.492 e. The summed E-state index contributed by atoms with van der Waals surface area (Å²) >= 11 is 1.96. The zero-order chi connectivity index (χ0) is 14.2. The second-order valence-corrected chi connectivity index (χ2v) is 5.95. The van der Waals surface area contributed by atoms with E-state index in [9.17, 15) is 0 Å². The van der Waals surface area contributed by atoms with E-state index in [1.807, 2.05) is 24.9 Å². The van der Waals surface area contributed by atoms with Crippen LogP contribution >= 0.6 is 11.8 Å². The lowest BCUT2D eigenvalue weighted by Gasteiger charge is -2.31. The van der Waals surface area contributed by atoms with Crippen molar-refractivity contribution in [2.45, 2.75) is 32.4 Å². The number of rotatable bonds is 7. The Kier molecular flexibility index (Phi) is 6.63. The topological polar surface area (TPSA) is 43.4 Å². The molecule has 1 aromatic rings. The molecule has 2 rings (SSSR count). The Labute approximate surface area is 125 Å². The van der Waals surface area contributed by atoms with Gasteiger partial charge >= 0.3 is 0 Å². The highest BCUT2D eigenvalue weighted by Gasteiger charge is 2.26. The van der Waals surface area contributed by atoms with Crippen LogP contribution in [0.3, 0.4) is 0 Å². The summed E-state index contributed by atoms with van der Waals surface area (Å²) in [5.74, 6) is 2.95. The molecule has 2 atom stereocenters. The van der Waals surface area contributed by atoms with Crippen LogP contribution < -0.4 is 10.1 Å². The summed E-state index contributed by atoms with van der Waals surface area (Å²) in [6.07, 6.45) is 4.99. The molecule has 4 nitrogen and oxygen atoms in total. The molecule has 0 bridgehead atoms. The van der Waals surface area contributed by atoms with Crippen LogP contribution in [-0.2, 0) is 4.74 Å². The van der Waals surface area contributed by atoms with Gasteiger partial charge in [0.2, 0.25) is 0 Å². The fourth-order valence-electron chi connectivity index (χ4n) is 2.31. The van der Waals surface area contributed by atoms with Crippen LogP contribution in [0.2, 0.25) is 0 Å². The van der Waals surface area contributed by atoms with Crippen molar-refractivity contribution in [3.8, 4) is 5.75 Å². The van der Waals surface area contributed by atoms with Gasteiger partial charge in [-0.1, -0.05) is 6.92 Å². The molecule has 112 valence electrons. The maximum absolute atomic E-state index is 5.94. The Morgan fingerprint density at radius 3 is 3.10 bits per heavy atom. The molecule has 1 N–H and O–H groups in total. The van der Waals surface area contributed by atoms with Crippen LogP contribution in [0.4, 0.5) is 0 Å². The highest BCUT2D eigenvalue weighted by Crippen LogP contribution is 2.27. The number of thioether (sulfide) groups is 1. The summed E-state index contributed by atoms with van der Waals surface area (Å²) in [4.78, 5) is 4.30. The zero-order valence-corrected chi connectivity index (χ0v) is 13.1. The van der Waals surface area contributed by atoms with Crippen LogP contribution in [0, 0.1) is 0 Å². The lowest BCUT2D eigenvalue weighted by atomic mass is 10.0. The van der Waals surface area contributed by atoms with Gasteiger partial charge in [-0.25, -0.2) is 0 Å². The van der Waals surface area contributed by atoms with Crippen LogP contribution in [0.5, 0.6) is 5.75 Å². The Balaban J connectivity index is 2.13. The van der Waals surface area contributed by atoms with Crippen LogP contribution in [0.15, 0.2) is 18.5 Å². The Morgan fingerprint density at radius 2 is 2.40 bits per heavy atom. The number of ether oxygens (including phenoxy) is 2. The number of hydrogen-bond donors (Lipinski definition) is 1. The smallest absolute Gasteiger partial charge is 0.137 e. The molecule has 1 fully saturated rings. The van der Waals surface area contributed by atoms with E-state index in [-0.39, 0.29) is 12.1 Å². The molecule has 1 saturated heterocycles. The Bertz CT molecular complexity index is 397. The second-order valence-electron chi connectivity index (χ2n) is 4.80. The van der Waals surface area contributed by atoms with Gasteiger partial charge in [-0.15, -0.1) is 0 Å². The summed E-state index contributed by atoms with van der Waals surface area (Å²) < 4.78 is 11.5. The fraction of sp³-hybridized carbons (Fsp3) is 0.667. The third-order valence-electron chi connectivity index (χ3n) is 3.23. The average molecular weight is 296 g/mol. The van der Waals surface area contributed by atoms with E-state index in [1.165, 1.54) is 0 Å². The van der Waals surface area contributed by atoms with Gasteiger partial charge in [-0.3, -0.25) is 4.98 Å². The predicted octanol–water partition coefficient (Wildman–Crippen LogP) is 2.65. The minimum absolute atomic E-state index is 0.190. The van der Waals surface area contributed by atoms with E-state index >= 15 is 0 Å². The number of nitrogens with one attached hydrogen (secondary N) is 1. The summed E-state index contributed by atoms with van der Waals surface area (Å²) in [5, 5.41) is 3.59. The summed E-state index contributed by atoms with van der Waals surface area (Å²) in [7, 11) is 0. The molecule has 1 aliphatic rings. The van der Waals surface area contributed by atoms with E-state index in [1.54, 1.807) is 6.20 Å². The van der Waals surface area contributed by atoms with Crippen LogP contribution in [0.25, 0.3) is 0 Å². The van der Waals surface area contributed by atoms with E-state index in [2.05, 4.69) is 23.3 Å². The molecular weight excluding hydrogens is 272 g/mol. The van der Waals surface area contributed by atoms with E-state index in [0.717, 1.165) is 42.4 Å². The summed E-state index contributed by atoms with van der Waals surface area (Å²) in [6.45, 7) is 6.63. The highest BCUT2D eigenvalue weighted by molar-refractivity contribution is 7.99. The fourth-order valence-corrected chi connectivity index (χ4v) is 3.22. The molecule has 0 aliphatic carbocycles. The number of pyridine rings is 1. The molecule has 2 heterocycles. The summed E-state index contributed by atoms with van der Waals surface area (Å²) in [6, 6.07) is 2.27. The maximum Gasteiger partial charge on any atom is 0.137 e. The van der Waals surface area contributed by atoms with Crippen molar-refractivity contribution in [2.24, 2.45) is 0 Å². The molecule has 0 aromatic carbocycles. The van der Waals surface area contributed by atoms with Crippen molar-refractivity contribution >= 4 is 11.8 Å². The van der Waals surface area contributed by atoms with E-state index in [4.69, 9.17) is 9.47 Å². The van der Waals surface area contributed by atoms with Gasteiger partial charge in [0, 0.05) is 17.7 Å². The number of aromatic nitrogens is 1. The highest BCUT2D eigenvalue weighted by atomic mass is 32.2. The first-order chi connectivity index (χ1) is 9.85. The van der Waals surface area contributed by atoms with Gasteiger partial charge in [0.25, 0.3) is 0 Å². The van der Waals surface area contributed by atoms with Crippen molar-refractivity contribution in [1.29, 1.82) is 0 Å². The van der Waals surface area contributed by atoms with Crippen molar-refractivity contribution < 1.29 is 9.47 Å². The molecule has 0 amide bonds. The van der Waals surface area contributed by atoms with Crippen molar-refractivity contribution in [3.63, 3.8) is 0 Å². The molecule has 20 heavy (non-hydrogen) atoms. The van der Waals surface area contributed by atoms with Crippen LogP contribution in [-0.4, -0.2) is 42.4 Å². The standard InChI is InChI=1S/C15H24N2O2S/c1-3-5-17-15(14-11-20-7-6-19-14)12-8-13(18-4-2)10-16-9-12/h8-10,14-15,17H,3-7,11H2,1-2H3. The predicted molar refractivity (Wildman–Crippen MR) is 83.5 cm³/mol.